The summed E-state index contributed by atoms with van der Waals surface area (Å²) in [4.78, 5) is 20.7. The Bertz CT molecular complexity index is 668. The summed E-state index contributed by atoms with van der Waals surface area (Å²) in [5.74, 6) is 0.798. The van der Waals surface area contributed by atoms with Crippen LogP contribution in [0.4, 0.5) is 4.39 Å². The summed E-state index contributed by atoms with van der Waals surface area (Å²) in [5.41, 5.74) is 0.225. The highest BCUT2D eigenvalue weighted by Crippen LogP contribution is 2.29. The average molecular weight is 307 g/mol. The third-order valence-electron chi connectivity index (χ3n) is 3.83. The zero-order chi connectivity index (χ0) is 15.7. The molecule has 8 heteroatoms. The van der Waals surface area contributed by atoms with Crippen molar-refractivity contribution in [3.63, 3.8) is 0 Å². The van der Waals surface area contributed by atoms with Crippen LogP contribution in [0.25, 0.3) is 0 Å². The number of aryl methyl sites for hydroxylation is 1. The number of hydrogen-bond acceptors (Lipinski definition) is 4. The maximum Gasteiger partial charge on any atom is 0.270 e. The van der Waals surface area contributed by atoms with Crippen molar-refractivity contribution in [1.82, 2.24) is 25.1 Å². The molecular formula is C14H18FN5O2. The van der Waals surface area contributed by atoms with E-state index in [4.69, 9.17) is 4.74 Å². The number of likely N-dealkylation sites (N-methyl/N-ethyl adjacent to an activating group) is 1. The predicted molar refractivity (Wildman–Crippen MR) is 75.9 cm³/mol. The van der Waals surface area contributed by atoms with E-state index < -0.39 is 5.82 Å². The Kier molecular flexibility index (Phi) is 3.93. The number of aromatic nitrogens is 4. The summed E-state index contributed by atoms with van der Waals surface area (Å²) in [6.07, 6.45) is 1.82. The smallest absolute Gasteiger partial charge is 0.270 e. The molecule has 0 saturated carbocycles. The van der Waals surface area contributed by atoms with Gasteiger partial charge in [-0.2, -0.15) is 5.10 Å². The second-order valence-corrected chi connectivity index (χ2v) is 5.50. The largest absolute Gasteiger partial charge is 0.376 e. The first-order chi connectivity index (χ1) is 10.5. The predicted octanol–water partition coefficient (Wildman–Crippen LogP) is 1.23. The Labute approximate surface area is 126 Å². The van der Waals surface area contributed by atoms with Gasteiger partial charge in [-0.25, -0.2) is 9.37 Å². The average Bonchev–Trinajstić information content (AvgIpc) is 3.19. The fourth-order valence-electron chi connectivity index (χ4n) is 2.70. The lowest BCUT2D eigenvalue weighted by molar-refractivity contribution is 0.0546. The molecule has 1 fully saturated rings. The first-order valence-electron chi connectivity index (χ1n) is 7.14. The van der Waals surface area contributed by atoms with Crippen LogP contribution < -0.4 is 0 Å². The number of halogens is 1. The topological polar surface area (TPSA) is 86.9 Å². The Balaban J connectivity index is 1.67. The minimum atomic E-state index is -0.456. The maximum atomic E-state index is 13.0. The van der Waals surface area contributed by atoms with E-state index in [1.165, 1.54) is 11.0 Å². The molecule has 1 aliphatic heterocycles. The first kappa shape index (κ1) is 14.7. The van der Waals surface area contributed by atoms with E-state index >= 15 is 0 Å². The molecular weight excluding hydrogens is 289 g/mol. The first-order valence-corrected chi connectivity index (χ1v) is 7.14. The molecule has 22 heavy (non-hydrogen) atoms. The molecule has 0 radical (unpaired) electrons. The van der Waals surface area contributed by atoms with Crippen LogP contribution >= 0.6 is 0 Å². The lowest BCUT2D eigenvalue weighted by Gasteiger charge is -2.23. The minimum Gasteiger partial charge on any atom is -0.376 e. The van der Waals surface area contributed by atoms with Crippen molar-refractivity contribution in [3.8, 4) is 0 Å². The second kappa shape index (κ2) is 5.88. The summed E-state index contributed by atoms with van der Waals surface area (Å²) in [6, 6.07) is 1.18. The van der Waals surface area contributed by atoms with Crippen LogP contribution in [0, 0.1) is 12.7 Å². The Hall–Kier alpha value is -2.22. The summed E-state index contributed by atoms with van der Waals surface area (Å²) in [6.45, 7) is 2.86. The van der Waals surface area contributed by atoms with E-state index in [2.05, 4.69) is 20.2 Å². The molecule has 2 aromatic rings. The van der Waals surface area contributed by atoms with Crippen molar-refractivity contribution >= 4 is 5.91 Å². The van der Waals surface area contributed by atoms with Crippen molar-refractivity contribution in [3.05, 3.63) is 35.4 Å². The van der Waals surface area contributed by atoms with E-state index in [1.54, 1.807) is 7.05 Å². The highest BCUT2D eigenvalue weighted by Gasteiger charge is 2.34. The number of rotatable bonds is 4. The molecule has 0 unspecified atom stereocenters. The van der Waals surface area contributed by atoms with Gasteiger partial charge in [0.05, 0.1) is 12.0 Å². The van der Waals surface area contributed by atoms with Gasteiger partial charge in [-0.1, -0.05) is 0 Å². The molecule has 7 nitrogen and oxygen atoms in total. The van der Waals surface area contributed by atoms with Gasteiger partial charge in [0.25, 0.3) is 5.91 Å². The van der Waals surface area contributed by atoms with Gasteiger partial charge < -0.3 is 14.6 Å². The van der Waals surface area contributed by atoms with Gasteiger partial charge in [0.1, 0.15) is 17.3 Å². The standard InChI is InChI=1S/C14H18FN5O2/c1-8-17-13(19-18-8)10-3-4-22-12(10)7-20(2)14(21)11-5-9(15)6-16-11/h5-6,10,12,16H,3-4,7H2,1-2H3,(H,17,18,19)/t10-,12-/m1/s1. The molecule has 2 aromatic heterocycles. The van der Waals surface area contributed by atoms with Crippen LogP contribution in [-0.4, -0.2) is 57.3 Å². The summed E-state index contributed by atoms with van der Waals surface area (Å²) in [7, 11) is 1.67. The molecule has 0 aliphatic carbocycles. The van der Waals surface area contributed by atoms with Gasteiger partial charge in [-0.3, -0.25) is 9.89 Å². The SMILES string of the molecule is Cc1nc([C@@H]2CCO[C@@H]2CN(C)C(=O)c2cc(F)c[nH]2)n[nH]1. The molecule has 1 amide bonds. The van der Waals surface area contributed by atoms with Gasteiger partial charge >= 0.3 is 0 Å². The minimum absolute atomic E-state index is 0.0561. The highest BCUT2D eigenvalue weighted by atomic mass is 19.1. The number of ether oxygens (including phenoxy) is 1. The van der Waals surface area contributed by atoms with Crippen LogP contribution in [0.15, 0.2) is 12.3 Å². The van der Waals surface area contributed by atoms with E-state index in [1.807, 2.05) is 6.92 Å². The van der Waals surface area contributed by atoms with E-state index in [9.17, 15) is 9.18 Å². The molecule has 2 atom stereocenters. The zero-order valence-electron chi connectivity index (χ0n) is 12.5. The van der Waals surface area contributed by atoms with Crippen LogP contribution in [0.3, 0.4) is 0 Å². The van der Waals surface area contributed by atoms with Crippen LogP contribution in [0.1, 0.15) is 34.5 Å². The quantitative estimate of drug-likeness (QED) is 0.889. The highest BCUT2D eigenvalue weighted by molar-refractivity contribution is 5.92. The molecule has 2 N–H and O–H groups in total. The summed E-state index contributed by atoms with van der Waals surface area (Å²) in [5, 5.41) is 7.01. The molecule has 1 saturated heterocycles. The van der Waals surface area contributed by atoms with Crippen molar-refractivity contribution < 1.29 is 13.9 Å². The number of nitrogens with zero attached hydrogens (tertiary/aromatic N) is 3. The van der Waals surface area contributed by atoms with Gasteiger partial charge in [0.2, 0.25) is 0 Å². The molecule has 3 heterocycles. The third-order valence-corrected chi connectivity index (χ3v) is 3.83. The second-order valence-electron chi connectivity index (χ2n) is 5.50. The van der Waals surface area contributed by atoms with Crippen LogP contribution in [0.2, 0.25) is 0 Å². The number of aromatic amines is 2. The molecule has 118 valence electrons. The van der Waals surface area contributed by atoms with Gasteiger partial charge in [0.15, 0.2) is 5.82 Å². The summed E-state index contributed by atoms with van der Waals surface area (Å²) < 4.78 is 18.7. The van der Waals surface area contributed by atoms with Gasteiger partial charge in [-0.15, -0.1) is 0 Å². The van der Waals surface area contributed by atoms with Crippen LogP contribution in [-0.2, 0) is 4.74 Å². The van der Waals surface area contributed by atoms with Crippen molar-refractivity contribution in [1.29, 1.82) is 0 Å². The van der Waals surface area contributed by atoms with Crippen molar-refractivity contribution in [2.24, 2.45) is 0 Å². The van der Waals surface area contributed by atoms with Gasteiger partial charge in [-0.05, 0) is 13.3 Å². The molecule has 0 spiro atoms. The summed E-state index contributed by atoms with van der Waals surface area (Å²) >= 11 is 0. The van der Waals surface area contributed by atoms with Crippen LogP contribution in [0.5, 0.6) is 0 Å². The maximum absolute atomic E-state index is 13.0. The Morgan fingerprint density at radius 1 is 1.59 bits per heavy atom. The fourth-order valence-corrected chi connectivity index (χ4v) is 2.70. The number of H-pyrrole nitrogens is 2. The number of nitrogens with one attached hydrogen (secondary N) is 2. The fraction of sp³-hybridized carbons (Fsp3) is 0.500. The number of carbonyl (C=O) groups is 1. The van der Waals surface area contributed by atoms with E-state index in [0.717, 1.165) is 18.4 Å². The van der Waals surface area contributed by atoms with Gasteiger partial charge in [0, 0.05) is 32.5 Å². The number of hydrogen-bond donors (Lipinski definition) is 2. The van der Waals surface area contributed by atoms with E-state index in [0.29, 0.717) is 19.0 Å². The Morgan fingerprint density at radius 3 is 3.05 bits per heavy atom. The van der Waals surface area contributed by atoms with E-state index in [-0.39, 0.29) is 23.6 Å². The number of amides is 1. The molecule has 0 aromatic carbocycles. The van der Waals surface area contributed by atoms with Crippen molar-refractivity contribution in [2.45, 2.75) is 25.4 Å². The monoisotopic (exact) mass is 307 g/mol. The zero-order valence-corrected chi connectivity index (χ0v) is 12.5. The molecule has 1 aliphatic rings. The Morgan fingerprint density at radius 2 is 2.41 bits per heavy atom. The van der Waals surface area contributed by atoms with Crippen molar-refractivity contribution in [2.75, 3.05) is 20.2 Å². The lowest BCUT2D eigenvalue weighted by atomic mass is 10.0. The normalized spacial score (nSPS) is 21.2. The molecule has 0 bridgehead atoms. The molecule has 3 rings (SSSR count). The third kappa shape index (κ3) is 2.87. The number of carbonyl (C=O) groups excluding carboxylic acids is 1. The lowest BCUT2D eigenvalue weighted by Crippen LogP contribution is -2.36.